The number of aliphatic carboxylic acids is 1. The van der Waals surface area contributed by atoms with Crippen LogP contribution in [0.3, 0.4) is 0 Å². The predicted molar refractivity (Wildman–Crippen MR) is 54.3 cm³/mol. The summed E-state index contributed by atoms with van der Waals surface area (Å²) in [6.45, 7) is 4.19. The summed E-state index contributed by atoms with van der Waals surface area (Å²) >= 11 is 0. The van der Waals surface area contributed by atoms with Crippen LogP contribution >= 0.6 is 0 Å². The molecule has 2 saturated heterocycles. The van der Waals surface area contributed by atoms with Crippen LogP contribution in [-0.4, -0.2) is 34.5 Å². The Morgan fingerprint density at radius 2 is 2.20 bits per heavy atom. The van der Waals surface area contributed by atoms with Gasteiger partial charge in [-0.25, -0.2) is 0 Å². The fourth-order valence-electron chi connectivity index (χ4n) is 2.94. The van der Waals surface area contributed by atoms with Gasteiger partial charge in [0.1, 0.15) is 0 Å². The van der Waals surface area contributed by atoms with Crippen LogP contribution in [0.4, 0.5) is 0 Å². The zero-order valence-electron chi connectivity index (χ0n) is 9.19. The summed E-state index contributed by atoms with van der Waals surface area (Å²) < 4.78 is 0. The van der Waals surface area contributed by atoms with Crippen molar-refractivity contribution >= 4 is 11.9 Å². The van der Waals surface area contributed by atoms with Gasteiger partial charge >= 0.3 is 5.97 Å². The Kier molecular flexibility index (Phi) is 2.24. The lowest BCUT2D eigenvalue weighted by Crippen LogP contribution is -2.46. The first kappa shape index (κ1) is 10.5. The molecular formula is C11H17NO3. The van der Waals surface area contributed by atoms with Gasteiger partial charge in [-0.3, -0.25) is 9.59 Å². The molecule has 3 unspecified atom stereocenters. The largest absolute Gasteiger partial charge is 0.481 e. The van der Waals surface area contributed by atoms with Crippen LogP contribution in [0.1, 0.15) is 33.1 Å². The van der Waals surface area contributed by atoms with Crippen LogP contribution in [0.2, 0.25) is 0 Å². The Morgan fingerprint density at radius 3 is 2.80 bits per heavy atom. The van der Waals surface area contributed by atoms with Crippen molar-refractivity contribution in [2.45, 2.75) is 39.2 Å². The lowest BCUT2D eigenvalue weighted by Gasteiger charge is -2.36. The van der Waals surface area contributed by atoms with E-state index in [1.54, 1.807) is 18.7 Å². The van der Waals surface area contributed by atoms with Crippen LogP contribution in [0.15, 0.2) is 0 Å². The Morgan fingerprint density at radius 1 is 1.53 bits per heavy atom. The molecule has 0 aromatic carbocycles. The Bertz CT molecular complexity index is 315. The van der Waals surface area contributed by atoms with Gasteiger partial charge in [0, 0.05) is 12.6 Å². The average Bonchev–Trinajstić information content (AvgIpc) is 2.43. The third-order valence-corrected chi connectivity index (χ3v) is 4.21. The first-order chi connectivity index (χ1) is 6.99. The van der Waals surface area contributed by atoms with Crippen molar-refractivity contribution in [1.29, 1.82) is 0 Å². The van der Waals surface area contributed by atoms with Crippen LogP contribution in [0.5, 0.6) is 0 Å². The molecule has 1 amide bonds. The smallest absolute Gasteiger partial charge is 0.312 e. The fraction of sp³-hybridized carbons (Fsp3) is 0.818. The maximum absolute atomic E-state index is 11.9. The molecule has 2 rings (SSSR count). The highest BCUT2D eigenvalue weighted by atomic mass is 16.4. The molecule has 0 saturated carbocycles. The number of fused-ring (bicyclic) bond motifs is 1. The van der Waals surface area contributed by atoms with Crippen molar-refractivity contribution < 1.29 is 14.7 Å². The van der Waals surface area contributed by atoms with Gasteiger partial charge in [-0.05, 0) is 26.2 Å². The average molecular weight is 211 g/mol. The second kappa shape index (κ2) is 3.22. The Hall–Kier alpha value is -1.06. The van der Waals surface area contributed by atoms with E-state index < -0.39 is 17.3 Å². The van der Waals surface area contributed by atoms with E-state index >= 15 is 0 Å². The molecule has 4 nitrogen and oxygen atoms in total. The Balaban J connectivity index is 2.39. The van der Waals surface area contributed by atoms with Crippen LogP contribution in [-0.2, 0) is 9.59 Å². The third-order valence-electron chi connectivity index (χ3n) is 4.21. The molecule has 2 aliphatic rings. The van der Waals surface area contributed by atoms with Crippen molar-refractivity contribution in [2.75, 3.05) is 6.54 Å². The van der Waals surface area contributed by atoms with Gasteiger partial charge in [-0.1, -0.05) is 6.92 Å². The highest BCUT2D eigenvalue weighted by Gasteiger charge is 2.58. The van der Waals surface area contributed by atoms with Gasteiger partial charge < -0.3 is 10.0 Å². The van der Waals surface area contributed by atoms with Crippen LogP contribution < -0.4 is 0 Å². The number of carboxylic acid groups (broad SMARTS) is 1. The highest BCUT2D eigenvalue weighted by molar-refractivity contribution is 5.91. The number of carbonyl (C=O) groups excluding carboxylic acids is 1. The van der Waals surface area contributed by atoms with Crippen molar-refractivity contribution in [3.63, 3.8) is 0 Å². The molecule has 0 aromatic rings. The van der Waals surface area contributed by atoms with Gasteiger partial charge in [0.05, 0.1) is 11.3 Å². The van der Waals surface area contributed by atoms with E-state index in [0.29, 0.717) is 0 Å². The molecule has 2 fully saturated rings. The van der Waals surface area contributed by atoms with Crippen LogP contribution in [0.25, 0.3) is 0 Å². The fourth-order valence-corrected chi connectivity index (χ4v) is 2.94. The minimum absolute atomic E-state index is 0.0181. The molecule has 0 radical (unpaired) electrons. The molecular weight excluding hydrogens is 194 g/mol. The molecule has 1 N–H and O–H groups in total. The van der Waals surface area contributed by atoms with Crippen molar-refractivity contribution in [1.82, 2.24) is 4.90 Å². The second-order valence-corrected chi connectivity index (χ2v) is 4.85. The molecule has 4 heteroatoms. The van der Waals surface area contributed by atoms with E-state index in [2.05, 4.69) is 0 Å². The normalized spacial score (nSPS) is 40.4. The van der Waals surface area contributed by atoms with E-state index in [1.807, 2.05) is 0 Å². The molecule has 84 valence electrons. The highest BCUT2D eigenvalue weighted by Crippen LogP contribution is 2.46. The first-order valence-electron chi connectivity index (χ1n) is 5.53. The molecule has 0 aliphatic carbocycles. The van der Waals surface area contributed by atoms with E-state index in [-0.39, 0.29) is 11.9 Å². The maximum atomic E-state index is 11.9. The van der Waals surface area contributed by atoms with Gasteiger partial charge in [-0.15, -0.1) is 0 Å². The van der Waals surface area contributed by atoms with Crippen molar-refractivity contribution in [2.24, 2.45) is 11.3 Å². The summed E-state index contributed by atoms with van der Waals surface area (Å²) in [5.41, 5.74) is -0.891. The summed E-state index contributed by atoms with van der Waals surface area (Å²) in [6.07, 6.45) is 2.87. The topological polar surface area (TPSA) is 57.6 Å². The SMILES string of the molecule is CC1C(=O)N2CCCCC2C1(C)C(=O)O. The molecule has 3 atom stereocenters. The number of carbonyl (C=O) groups is 2. The number of amides is 1. The lowest BCUT2D eigenvalue weighted by atomic mass is 9.73. The van der Waals surface area contributed by atoms with E-state index in [1.165, 1.54) is 0 Å². The number of carboxylic acids is 1. The summed E-state index contributed by atoms with van der Waals surface area (Å²) in [6, 6.07) is -0.0914. The van der Waals surface area contributed by atoms with Gasteiger partial charge in [-0.2, -0.15) is 0 Å². The van der Waals surface area contributed by atoms with E-state index in [9.17, 15) is 14.7 Å². The maximum Gasteiger partial charge on any atom is 0.312 e. The summed E-state index contributed by atoms with van der Waals surface area (Å²) in [5, 5.41) is 9.32. The molecule has 0 aromatic heterocycles. The van der Waals surface area contributed by atoms with Gasteiger partial charge in [0.15, 0.2) is 0 Å². The van der Waals surface area contributed by atoms with E-state index in [4.69, 9.17) is 0 Å². The predicted octanol–water partition coefficient (Wildman–Crippen LogP) is 1.11. The van der Waals surface area contributed by atoms with Crippen molar-refractivity contribution in [3.8, 4) is 0 Å². The number of hydrogen-bond acceptors (Lipinski definition) is 2. The lowest BCUT2D eigenvalue weighted by molar-refractivity contribution is -0.152. The third kappa shape index (κ3) is 1.20. The number of nitrogens with zero attached hydrogens (tertiary/aromatic N) is 1. The van der Waals surface area contributed by atoms with E-state index in [0.717, 1.165) is 25.8 Å². The molecule has 2 aliphatic heterocycles. The number of rotatable bonds is 1. The monoisotopic (exact) mass is 211 g/mol. The first-order valence-corrected chi connectivity index (χ1v) is 5.53. The Labute approximate surface area is 89.3 Å². The van der Waals surface area contributed by atoms with Gasteiger partial charge in [0.25, 0.3) is 0 Å². The summed E-state index contributed by atoms with van der Waals surface area (Å²) in [4.78, 5) is 25.1. The molecule has 0 spiro atoms. The second-order valence-electron chi connectivity index (χ2n) is 4.85. The quantitative estimate of drug-likeness (QED) is 0.706. The minimum atomic E-state index is -0.891. The van der Waals surface area contributed by atoms with Crippen LogP contribution in [0, 0.1) is 11.3 Å². The van der Waals surface area contributed by atoms with Crippen molar-refractivity contribution in [3.05, 3.63) is 0 Å². The minimum Gasteiger partial charge on any atom is -0.481 e. The number of piperidine rings is 1. The zero-order valence-corrected chi connectivity index (χ0v) is 9.19. The summed E-state index contributed by atoms with van der Waals surface area (Å²) in [7, 11) is 0. The zero-order chi connectivity index (χ0) is 11.2. The molecule has 2 heterocycles. The summed E-state index contributed by atoms with van der Waals surface area (Å²) in [5.74, 6) is -1.21. The standard InChI is InChI=1S/C11H17NO3/c1-7-9(13)12-6-4-3-5-8(12)11(7,2)10(14)15/h7-8H,3-6H2,1-2H3,(H,14,15). The van der Waals surface area contributed by atoms with Gasteiger partial charge in [0.2, 0.25) is 5.91 Å². The number of hydrogen-bond donors (Lipinski definition) is 1. The molecule has 0 bridgehead atoms. The molecule has 15 heavy (non-hydrogen) atoms.